The van der Waals surface area contributed by atoms with Crippen LogP contribution in [0.15, 0.2) is 0 Å². The van der Waals surface area contributed by atoms with E-state index < -0.39 is 0 Å². The Morgan fingerprint density at radius 2 is 1.46 bits per heavy atom. The van der Waals surface area contributed by atoms with E-state index in [1.54, 1.807) is 0 Å². The molecule has 0 radical (unpaired) electrons. The zero-order chi connectivity index (χ0) is 16.3. The zero-order valence-corrected chi connectivity index (χ0v) is 14.8. The van der Waals surface area contributed by atoms with E-state index >= 15 is 0 Å². The third kappa shape index (κ3) is 2.54. The van der Waals surface area contributed by atoms with Gasteiger partial charge in [-0.3, -0.25) is 9.59 Å². The molecule has 3 atom stereocenters. The number of amides is 1. The number of ketones is 1. The minimum Gasteiger partial charge on any atom is -0.355 e. The predicted molar refractivity (Wildman–Crippen MR) is 92.2 cm³/mol. The van der Waals surface area contributed by atoms with Crippen LogP contribution in [0, 0.1) is 40.9 Å². The molecule has 6 saturated carbocycles. The van der Waals surface area contributed by atoms with Gasteiger partial charge < -0.3 is 5.32 Å². The molecule has 0 heterocycles. The van der Waals surface area contributed by atoms with Crippen LogP contribution in [0.25, 0.3) is 0 Å². The molecule has 1 N–H and O–H groups in total. The lowest BCUT2D eigenvalue weighted by atomic mass is 9.49. The van der Waals surface area contributed by atoms with E-state index in [0.29, 0.717) is 11.2 Å². The Labute approximate surface area is 145 Å². The molecule has 0 spiro atoms. The molecular formula is C21H31NO2. The van der Waals surface area contributed by atoms with Gasteiger partial charge in [0.1, 0.15) is 5.78 Å². The lowest BCUT2D eigenvalue weighted by molar-refractivity contribution is -0.138. The summed E-state index contributed by atoms with van der Waals surface area (Å²) < 4.78 is 0. The van der Waals surface area contributed by atoms with Gasteiger partial charge in [0.2, 0.25) is 5.91 Å². The normalized spacial score (nSPS) is 49.2. The van der Waals surface area contributed by atoms with Crippen LogP contribution in [0.5, 0.6) is 0 Å². The Morgan fingerprint density at radius 3 is 2.00 bits per heavy atom. The van der Waals surface area contributed by atoms with Gasteiger partial charge in [-0.15, -0.1) is 0 Å². The predicted octanol–water partition coefficient (Wildman–Crippen LogP) is 3.71. The number of nitrogens with one attached hydrogen (secondary N) is 1. The molecule has 3 heteroatoms. The van der Waals surface area contributed by atoms with Crippen molar-refractivity contribution in [2.24, 2.45) is 40.9 Å². The molecule has 6 bridgehead atoms. The molecule has 6 aliphatic carbocycles. The summed E-state index contributed by atoms with van der Waals surface area (Å²) in [5.74, 6) is 4.04. The molecule has 0 aromatic heterocycles. The Balaban J connectivity index is 1.21. The molecule has 0 aromatic carbocycles. The van der Waals surface area contributed by atoms with Crippen molar-refractivity contribution in [3.8, 4) is 0 Å². The van der Waals surface area contributed by atoms with Crippen molar-refractivity contribution >= 4 is 11.7 Å². The number of rotatable bonds is 3. The maximum Gasteiger partial charge on any atom is 0.223 e. The molecule has 132 valence electrons. The third-order valence-electron chi connectivity index (χ3n) is 8.22. The Morgan fingerprint density at radius 1 is 0.917 bits per heavy atom. The van der Waals surface area contributed by atoms with Crippen LogP contribution in [0.1, 0.15) is 70.6 Å². The van der Waals surface area contributed by atoms with Gasteiger partial charge in [-0.1, -0.05) is 6.42 Å². The third-order valence-corrected chi connectivity index (χ3v) is 8.22. The van der Waals surface area contributed by atoms with Gasteiger partial charge in [0.05, 0.1) is 0 Å². The van der Waals surface area contributed by atoms with Crippen LogP contribution in [-0.2, 0) is 9.59 Å². The van der Waals surface area contributed by atoms with E-state index in [2.05, 4.69) is 5.32 Å². The summed E-state index contributed by atoms with van der Waals surface area (Å²) in [5, 5.41) is 3.36. The lowest BCUT2D eigenvalue weighted by Crippen LogP contribution is -2.52. The quantitative estimate of drug-likeness (QED) is 0.858. The fourth-order valence-electron chi connectivity index (χ4n) is 7.62. The van der Waals surface area contributed by atoms with Crippen LogP contribution < -0.4 is 5.32 Å². The highest BCUT2D eigenvalue weighted by Crippen LogP contribution is 2.59. The molecular weight excluding hydrogens is 298 g/mol. The van der Waals surface area contributed by atoms with E-state index in [1.165, 1.54) is 44.9 Å². The summed E-state index contributed by atoms with van der Waals surface area (Å²) in [6, 6.07) is 0. The molecule has 6 fully saturated rings. The van der Waals surface area contributed by atoms with Crippen LogP contribution in [-0.4, -0.2) is 18.2 Å². The summed E-state index contributed by atoms with van der Waals surface area (Å²) in [6.07, 6.45) is 13.3. The SMILES string of the molecule is O=C(NCC12CC3CC(CC(C3)C1)C2)C1C[C@H]2CCC[C@@H](C1)C2=O. The number of carbonyl (C=O) groups excluding carboxylic acids is 2. The highest BCUT2D eigenvalue weighted by atomic mass is 16.2. The monoisotopic (exact) mass is 329 g/mol. The van der Waals surface area contributed by atoms with Crippen LogP contribution >= 0.6 is 0 Å². The van der Waals surface area contributed by atoms with E-state index in [-0.39, 0.29) is 23.7 Å². The molecule has 6 aliphatic rings. The number of hydrogen-bond acceptors (Lipinski definition) is 2. The summed E-state index contributed by atoms with van der Waals surface area (Å²) in [5.41, 5.74) is 0.421. The Hall–Kier alpha value is -0.860. The zero-order valence-electron chi connectivity index (χ0n) is 14.8. The first-order chi connectivity index (χ1) is 11.6. The van der Waals surface area contributed by atoms with E-state index in [4.69, 9.17) is 0 Å². The van der Waals surface area contributed by atoms with Crippen molar-refractivity contribution < 1.29 is 9.59 Å². The number of carbonyl (C=O) groups is 2. The average Bonchev–Trinajstić information content (AvgIpc) is 2.51. The van der Waals surface area contributed by atoms with Gasteiger partial charge in [-0.05, 0) is 87.4 Å². The van der Waals surface area contributed by atoms with Crippen molar-refractivity contribution in [3.05, 3.63) is 0 Å². The van der Waals surface area contributed by atoms with E-state index in [1.807, 2.05) is 0 Å². The van der Waals surface area contributed by atoms with Crippen LogP contribution in [0.3, 0.4) is 0 Å². The molecule has 1 amide bonds. The van der Waals surface area contributed by atoms with Crippen LogP contribution in [0.2, 0.25) is 0 Å². The fourth-order valence-corrected chi connectivity index (χ4v) is 7.62. The lowest BCUT2D eigenvalue weighted by Gasteiger charge is -2.57. The van der Waals surface area contributed by atoms with Crippen molar-refractivity contribution in [3.63, 3.8) is 0 Å². The minimum atomic E-state index is 0.104. The Kier molecular flexibility index (Phi) is 3.58. The molecule has 3 nitrogen and oxygen atoms in total. The summed E-state index contributed by atoms with van der Waals surface area (Å²) in [4.78, 5) is 25.0. The van der Waals surface area contributed by atoms with Gasteiger partial charge in [-0.25, -0.2) is 0 Å². The molecule has 0 aliphatic heterocycles. The van der Waals surface area contributed by atoms with Gasteiger partial charge in [0.25, 0.3) is 0 Å². The first kappa shape index (κ1) is 15.4. The van der Waals surface area contributed by atoms with Crippen molar-refractivity contribution in [1.82, 2.24) is 5.32 Å². The van der Waals surface area contributed by atoms with Crippen LogP contribution in [0.4, 0.5) is 0 Å². The van der Waals surface area contributed by atoms with Crippen molar-refractivity contribution in [1.29, 1.82) is 0 Å². The van der Waals surface area contributed by atoms with Gasteiger partial charge in [-0.2, -0.15) is 0 Å². The first-order valence-corrected chi connectivity index (χ1v) is 10.4. The summed E-state index contributed by atoms with van der Waals surface area (Å²) >= 11 is 0. The first-order valence-electron chi connectivity index (χ1n) is 10.4. The highest BCUT2D eigenvalue weighted by Gasteiger charge is 2.51. The number of Topliss-reactive ketones (excluding diaryl/α,β-unsaturated/α-hetero) is 1. The second-order valence-electron chi connectivity index (χ2n) is 10.0. The molecule has 0 aromatic rings. The van der Waals surface area contributed by atoms with Crippen molar-refractivity contribution in [2.45, 2.75) is 70.6 Å². The number of fused-ring (bicyclic) bond motifs is 2. The maximum atomic E-state index is 12.8. The Bertz CT molecular complexity index is 503. The second kappa shape index (κ2) is 5.57. The molecule has 0 saturated heterocycles. The summed E-state index contributed by atoms with van der Waals surface area (Å²) in [7, 11) is 0. The smallest absolute Gasteiger partial charge is 0.223 e. The van der Waals surface area contributed by atoms with Crippen molar-refractivity contribution in [2.75, 3.05) is 6.54 Å². The number of hydrogen-bond donors (Lipinski definition) is 1. The standard InChI is InChI=1S/C21H31NO2/c23-19-16-2-1-3-17(19)8-18(7-16)20(24)22-12-21-9-13-4-14(10-21)6-15(5-13)11-21/h13-18H,1-12H2,(H,22,24)/t13?,14?,15?,16-,17+,18?,21?. The summed E-state index contributed by atoms with van der Waals surface area (Å²) in [6.45, 7) is 0.912. The van der Waals surface area contributed by atoms with Gasteiger partial charge in [0, 0.05) is 24.3 Å². The largest absolute Gasteiger partial charge is 0.355 e. The molecule has 1 unspecified atom stereocenters. The highest BCUT2D eigenvalue weighted by molar-refractivity contribution is 5.88. The minimum absolute atomic E-state index is 0.104. The second-order valence-corrected chi connectivity index (χ2v) is 10.0. The molecule has 24 heavy (non-hydrogen) atoms. The van der Waals surface area contributed by atoms with E-state index in [9.17, 15) is 9.59 Å². The molecule has 6 rings (SSSR count). The van der Waals surface area contributed by atoms with Gasteiger partial charge in [0.15, 0.2) is 0 Å². The van der Waals surface area contributed by atoms with E-state index in [0.717, 1.165) is 50.0 Å². The maximum absolute atomic E-state index is 12.8. The average molecular weight is 329 g/mol. The fraction of sp³-hybridized carbons (Fsp3) is 0.905. The topological polar surface area (TPSA) is 46.2 Å². The van der Waals surface area contributed by atoms with Gasteiger partial charge >= 0.3 is 0 Å².